The van der Waals surface area contributed by atoms with Crippen molar-refractivity contribution in [2.75, 3.05) is 0 Å². The van der Waals surface area contributed by atoms with Gasteiger partial charge >= 0.3 is 0 Å². The second-order valence-corrected chi connectivity index (χ2v) is 9.28. The maximum Gasteiger partial charge on any atom is 0.00886 e. The van der Waals surface area contributed by atoms with Gasteiger partial charge in [-0.3, -0.25) is 0 Å². The first-order chi connectivity index (χ1) is 14.4. The van der Waals surface area contributed by atoms with Crippen LogP contribution in [0.4, 0.5) is 0 Å². The van der Waals surface area contributed by atoms with Crippen molar-refractivity contribution < 1.29 is 0 Å². The van der Waals surface area contributed by atoms with E-state index in [9.17, 15) is 0 Å². The van der Waals surface area contributed by atoms with Crippen LogP contribution in [0.25, 0.3) is 0 Å². The van der Waals surface area contributed by atoms with E-state index in [4.69, 9.17) is 0 Å². The molecule has 0 heteroatoms. The minimum atomic E-state index is 1.13. The largest absolute Gasteiger partial charge is 0.103 e. The molecular formula is C29H56. The Morgan fingerprint density at radius 2 is 0.483 bits per heavy atom. The molecule has 0 aliphatic carbocycles. The van der Waals surface area contributed by atoms with Crippen molar-refractivity contribution in [2.45, 2.75) is 174 Å². The monoisotopic (exact) mass is 404 g/mol. The van der Waals surface area contributed by atoms with E-state index >= 15 is 0 Å². The fourth-order valence-corrected chi connectivity index (χ4v) is 4.11. The molecule has 0 rings (SSSR count). The molecule has 0 aliphatic heterocycles. The van der Waals surface area contributed by atoms with Crippen LogP contribution in [0.5, 0.6) is 0 Å². The molecule has 0 atom stereocenters. The van der Waals surface area contributed by atoms with Crippen molar-refractivity contribution in [1.82, 2.24) is 0 Å². The average molecular weight is 405 g/mol. The van der Waals surface area contributed by atoms with Crippen LogP contribution in [0.3, 0.4) is 0 Å². The van der Waals surface area contributed by atoms with Crippen LogP contribution in [0.1, 0.15) is 174 Å². The van der Waals surface area contributed by atoms with Crippen LogP contribution in [0.2, 0.25) is 0 Å². The Labute approximate surface area is 186 Å². The summed E-state index contributed by atoms with van der Waals surface area (Å²) in [6, 6.07) is 0. The quantitative estimate of drug-likeness (QED) is 0.117. The summed E-state index contributed by atoms with van der Waals surface area (Å²) < 4.78 is 0. The predicted octanol–water partition coefficient (Wildman–Crippen LogP) is 10.8. The Morgan fingerprint density at radius 1 is 0.276 bits per heavy atom. The van der Waals surface area contributed by atoms with E-state index in [0.29, 0.717) is 0 Å². The second kappa shape index (κ2) is 27.6. The van der Waals surface area contributed by atoms with Crippen molar-refractivity contribution >= 4 is 0 Å². The van der Waals surface area contributed by atoms with E-state index in [-0.39, 0.29) is 0 Å². The molecule has 0 aliphatic rings. The summed E-state index contributed by atoms with van der Waals surface area (Å²) in [6.07, 6.45) is 35.2. The van der Waals surface area contributed by atoms with Gasteiger partial charge in [0.1, 0.15) is 0 Å². The van der Waals surface area contributed by atoms with Crippen LogP contribution >= 0.6 is 0 Å². The lowest BCUT2D eigenvalue weighted by molar-refractivity contribution is 0.525. The molecule has 0 fully saturated rings. The van der Waals surface area contributed by atoms with Gasteiger partial charge in [-0.15, -0.1) is 11.8 Å². The lowest BCUT2D eigenvalue weighted by Gasteiger charge is -2.03. The molecule has 0 radical (unpaired) electrons. The third kappa shape index (κ3) is 27.6. The molecule has 172 valence electrons. The molecule has 0 aromatic carbocycles. The number of hydrogen-bond acceptors (Lipinski definition) is 0. The van der Waals surface area contributed by atoms with E-state index in [1.807, 2.05) is 0 Å². The summed E-state index contributed by atoms with van der Waals surface area (Å²) in [7, 11) is 0. The van der Waals surface area contributed by atoms with E-state index in [0.717, 1.165) is 12.8 Å². The summed E-state index contributed by atoms with van der Waals surface area (Å²) in [6.45, 7) is 4.58. The molecular weight excluding hydrogens is 348 g/mol. The van der Waals surface area contributed by atoms with E-state index < -0.39 is 0 Å². The van der Waals surface area contributed by atoms with Gasteiger partial charge < -0.3 is 0 Å². The lowest BCUT2D eigenvalue weighted by atomic mass is 10.0. The van der Waals surface area contributed by atoms with Gasteiger partial charge in [-0.25, -0.2) is 0 Å². The highest BCUT2D eigenvalue weighted by molar-refractivity contribution is 4.98. The van der Waals surface area contributed by atoms with E-state index in [2.05, 4.69) is 25.7 Å². The number of unbranched alkanes of at least 4 members (excludes halogenated alkanes) is 23. The van der Waals surface area contributed by atoms with Crippen molar-refractivity contribution in [3.8, 4) is 11.8 Å². The highest BCUT2D eigenvalue weighted by Crippen LogP contribution is 2.14. The molecule has 0 aromatic heterocycles. The van der Waals surface area contributed by atoms with Crippen LogP contribution in [0.15, 0.2) is 0 Å². The molecule has 29 heavy (non-hydrogen) atoms. The van der Waals surface area contributed by atoms with Crippen molar-refractivity contribution in [3.05, 3.63) is 0 Å². The third-order valence-corrected chi connectivity index (χ3v) is 6.19. The summed E-state index contributed by atoms with van der Waals surface area (Å²) in [5.74, 6) is 6.75. The normalized spacial score (nSPS) is 10.8. The van der Waals surface area contributed by atoms with Crippen LogP contribution in [-0.2, 0) is 0 Å². The Bertz CT molecular complexity index is 332. The Kier molecular flexibility index (Phi) is 27.1. The van der Waals surface area contributed by atoms with Crippen LogP contribution in [0, 0.1) is 11.8 Å². The van der Waals surface area contributed by atoms with Crippen molar-refractivity contribution in [3.63, 3.8) is 0 Å². The zero-order valence-electron chi connectivity index (χ0n) is 20.7. The van der Waals surface area contributed by atoms with Crippen molar-refractivity contribution in [2.24, 2.45) is 0 Å². The number of rotatable bonds is 23. The van der Waals surface area contributed by atoms with E-state index in [1.165, 1.54) is 148 Å². The lowest BCUT2D eigenvalue weighted by Crippen LogP contribution is -1.84. The minimum Gasteiger partial charge on any atom is -0.103 e. The average Bonchev–Trinajstić information content (AvgIpc) is 2.74. The number of hydrogen-bond donors (Lipinski definition) is 0. The van der Waals surface area contributed by atoms with Gasteiger partial charge in [0.2, 0.25) is 0 Å². The molecule has 0 N–H and O–H groups in total. The van der Waals surface area contributed by atoms with E-state index in [1.54, 1.807) is 0 Å². The first-order valence-electron chi connectivity index (χ1n) is 13.9. The molecule has 0 unspecified atom stereocenters. The van der Waals surface area contributed by atoms with Gasteiger partial charge in [-0.2, -0.15) is 0 Å². The standard InChI is InChI=1S/C29H56/c1-3-5-7-9-11-13-15-17-19-21-23-25-27-29-28-26-24-22-20-18-16-14-12-10-8-6-4-2/h3-15,17,19-29H2,1-2H3. The zero-order chi connectivity index (χ0) is 21.1. The molecule has 0 saturated carbocycles. The van der Waals surface area contributed by atoms with Gasteiger partial charge in [-0.05, 0) is 12.8 Å². The Hall–Kier alpha value is -0.440. The van der Waals surface area contributed by atoms with Gasteiger partial charge in [0.05, 0.1) is 0 Å². The topological polar surface area (TPSA) is 0 Å². The summed E-state index contributed by atoms with van der Waals surface area (Å²) >= 11 is 0. The first kappa shape index (κ1) is 28.6. The van der Waals surface area contributed by atoms with Gasteiger partial charge in [0.25, 0.3) is 0 Å². The third-order valence-electron chi connectivity index (χ3n) is 6.19. The summed E-state index contributed by atoms with van der Waals surface area (Å²) in [4.78, 5) is 0. The molecule has 0 saturated heterocycles. The molecule has 0 bridgehead atoms. The van der Waals surface area contributed by atoms with Gasteiger partial charge in [-0.1, -0.05) is 149 Å². The molecule has 0 nitrogen and oxygen atoms in total. The smallest absolute Gasteiger partial charge is 0.00886 e. The second-order valence-electron chi connectivity index (χ2n) is 9.28. The van der Waals surface area contributed by atoms with Crippen LogP contribution < -0.4 is 0 Å². The highest BCUT2D eigenvalue weighted by atomic mass is 14.0. The summed E-state index contributed by atoms with van der Waals surface area (Å²) in [5, 5.41) is 0. The fraction of sp³-hybridized carbons (Fsp3) is 0.931. The zero-order valence-corrected chi connectivity index (χ0v) is 20.7. The molecule has 0 spiro atoms. The SMILES string of the molecule is CCCCCCCC#CCCCCCCCCCCCCCCCCCCCC. The van der Waals surface area contributed by atoms with Crippen LogP contribution in [-0.4, -0.2) is 0 Å². The maximum atomic E-state index is 3.38. The van der Waals surface area contributed by atoms with Crippen molar-refractivity contribution in [1.29, 1.82) is 0 Å². The molecule has 0 heterocycles. The van der Waals surface area contributed by atoms with Gasteiger partial charge in [0.15, 0.2) is 0 Å². The Balaban J connectivity index is 3.05. The first-order valence-corrected chi connectivity index (χ1v) is 13.9. The Morgan fingerprint density at radius 3 is 0.724 bits per heavy atom. The van der Waals surface area contributed by atoms with Gasteiger partial charge in [0, 0.05) is 12.8 Å². The maximum absolute atomic E-state index is 3.38. The minimum absolute atomic E-state index is 1.13. The molecule has 0 amide bonds. The predicted molar refractivity (Wildman–Crippen MR) is 135 cm³/mol. The summed E-state index contributed by atoms with van der Waals surface area (Å²) in [5.41, 5.74) is 0. The molecule has 0 aromatic rings. The fourth-order valence-electron chi connectivity index (χ4n) is 4.11. The highest BCUT2D eigenvalue weighted by Gasteiger charge is 1.95.